The summed E-state index contributed by atoms with van der Waals surface area (Å²) in [6.45, 7) is 5.67. The van der Waals surface area contributed by atoms with Crippen LogP contribution in [-0.4, -0.2) is 32.3 Å². The predicted molar refractivity (Wildman–Crippen MR) is 109 cm³/mol. The van der Waals surface area contributed by atoms with E-state index in [1.165, 1.54) is 6.07 Å². The molecule has 1 aromatic carbocycles. The van der Waals surface area contributed by atoms with E-state index in [9.17, 15) is 14.9 Å². The number of carbonyl (C=O) groups excluding carboxylic acids is 1. The van der Waals surface area contributed by atoms with Gasteiger partial charge >= 0.3 is 5.97 Å². The van der Waals surface area contributed by atoms with Crippen LogP contribution in [0.1, 0.15) is 39.9 Å². The van der Waals surface area contributed by atoms with Crippen molar-refractivity contribution in [3.8, 4) is 5.69 Å². The topological polar surface area (TPSA) is 100 Å². The summed E-state index contributed by atoms with van der Waals surface area (Å²) in [6, 6.07) is 10.9. The lowest BCUT2D eigenvalue weighted by molar-refractivity contribution is -0.385. The fourth-order valence-electron chi connectivity index (χ4n) is 2.95. The molecule has 2 aromatic heterocycles. The van der Waals surface area contributed by atoms with Crippen molar-refractivity contribution in [3.63, 3.8) is 0 Å². The average Bonchev–Trinajstić information content (AvgIpc) is 3.00. The Hall–Kier alpha value is -3.81. The summed E-state index contributed by atoms with van der Waals surface area (Å²) < 4.78 is 6.85. The smallest absolute Gasteiger partial charge is 0.340 e. The number of esters is 1. The van der Waals surface area contributed by atoms with Crippen LogP contribution in [0.15, 0.2) is 42.6 Å². The minimum Gasteiger partial charge on any atom is -0.462 e. The number of pyridine rings is 1. The summed E-state index contributed by atoms with van der Waals surface area (Å²) in [5.74, 6) is -0.656. The summed E-state index contributed by atoms with van der Waals surface area (Å²) in [5.41, 5.74) is 3.61. The highest BCUT2D eigenvalue weighted by molar-refractivity contribution is 5.94. The molecule has 29 heavy (non-hydrogen) atoms. The van der Waals surface area contributed by atoms with E-state index in [1.54, 1.807) is 19.1 Å². The molecule has 0 saturated carbocycles. The lowest BCUT2D eigenvalue weighted by Gasteiger charge is -2.05. The van der Waals surface area contributed by atoms with Crippen molar-refractivity contribution in [2.24, 2.45) is 0 Å². The molecule has 148 valence electrons. The van der Waals surface area contributed by atoms with Gasteiger partial charge in [-0.1, -0.05) is 18.2 Å². The molecule has 0 aliphatic carbocycles. The number of rotatable bonds is 6. The summed E-state index contributed by atoms with van der Waals surface area (Å²) in [4.78, 5) is 26.8. The molecule has 3 rings (SSSR count). The molecule has 2 heterocycles. The van der Waals surface area contributed by atoms with Crippen molar-refractivity contribution in [1.82, 2.24) is 14.8 Å². The van der Waals surface area contributed by atoms with Crippen LogP contribution in [-0.2, 0) is 4.74 Å². The largest absolute Gasteiger partial charge is 0.462 e. The van der Waals surface area contributed by atoms with Gasteiger partial charge in [0.15, 0.2) is 0 Å². The molecule has 0 radical (unpaired) electrons. The van der Waals surface area contributed by atoms with Crippen LogP contribution in [0.4, 0.5) is 5.69 Å². The Morgan fingerprint density at radius 3 is 2.62 bits per heavy atom. The van der Waals surface area contributed by atoms with Gasteiger partial charge in [-0.05, 0) is 45.1 Å². The molecule has 0 spiro atoms. The summed E-state index contributed by atoms with van der Waals surface area (Å²) in [5, 5.41) is 15.6. The zero-order valence-corrected chi connectivity index (χ0v) is 16.3. The molecular formula is C21H20N4O4. The number of aryl methyl sites for hydroxylation is 1. The Kier molecular flexibility index (Phi) is 5.82. The van der Waals surface area contributed by atoms with Crippen molar-refractivity contribution >= 4 is 23.8 Å². The molecule has 0 fully saturated rings. The maximum absolute atomic E-state index is 12.2. The molecule has 0 saturated heterocycles. The van der Waals surface area contributed by atoms with Crippen LogP contribution in [0, 0.1) is 24.0 Å². The maximum Gasteiger partial charge on any atom is 0.340 e. The fourth-order valence-corrected chi connectivity index (χ4v) is 2.95. The van der Waals surface area contributed by atoms with Crippen LogP contribution in [0.5, 0.6) is 0 Å². The third-order valence-corrected chi connectivity index (χ3v) is 4.37. The van der Waals surface area contributed by atoms with Crippen LogP contribution >= 0.6 is 0 Å². The van der Waals surface area contributed by atoms with Crippen LogP contribution in [0.3, 0.4) is 0 Å². The molecule has 0 aliphatic rings. The average molecular weight is 392 g/mol. The lowest BCUT2D eigenvalue weighted by atomic mass is 10.1. The standard InChI is InChI=1S/C21H20N4O4/c1-4-29-21(26)19-12-17(25(27)28)13-22-20(19)11-10-18-14(2)23-24(15(18)3)16-8-6-5-7-9-16/h5-13H,4H2,1-3H3. The number of para-hydroxylation sites is 1. The first-order valence-electron chi connectivity index (χ1n) is 9.03. The minimum atomic E-state index is -0.656. The highest BCUT2D eigenvalue weighted by Gasteiger charge is 2.18. The van der Waals surface area contributed by atoms with E-state index in [2.05, 4.69) is 10.1 Å². The molecule has 8 nitrogen and oxygen atoms in total. The van der Waals surface area contributed by atoms with Gasteiger partial charge in [0.05, 0.1) is 34.2 Å². The number of hydrogen-bond acceptors (Lipinski definition) is 6. The molecule has 0 bridgehead atoms. The lowest BCUT2D eigenvalue weighted by Crippen LogP contribution is -2.08. The Balaban J connectivity index is 2.01. The Labute approximate surface area is 167 Å². The number of nitro groups is 1. The summed E-state index contributed by atoms with van der Waals surface area (Å²) >= 11 is 0. The van der Waals surface area contributed by atoms with Crippen molar-refractivity contribution in [3.05, 3.63) is 80.9 Å². The maximum atomic E-state index is 12.2. The summed E-state index contributed by atoms with van der Waals surface area (Å²) in [7, 11) is 0. The number of ether oxygens (including phenoxy) is 1. The predicted octanol–water partition coefficient (Wildman–Crippen LogP) is 4.14. The molecule has 8 heteroatoms. The van der Waals surface area contributed by atoms with Gasteiger partial charge < -0.3 is 4.74 Å². The van der Waals surface area contributed by atoms with Gasteiger partial charge in [-0.2, -0.15) is 5.10 Å². The first kappa shape index (κ1) is 19.9. The van der Waals surface area contributed by atoms with Gasteiger partial charge in [0.25, 0.3) is 5.69 Å². The van der Waals surface area contributed by atoms with Gasteiger partial charge in [-0.3, -0.25) is 10.1 Å². The number of benzene rings is 1. The Bertz CT molecular complexity index is 1090. The van der Waals surface area contributed by atoms with Crippen LogP contribution < -0.4 is 0 Å². The highest BCUT2D eigenvalue weighted by atomic mass is 16.6. The molecule has 3 aromatic rings. The van der Waals surface area contributed by atoms with Crippen molar-refractivity contribution < 1.29 is 14.5 Å². The van der Waals surface area contributed by atoms with Gasteiger partial charge in [0.2, 0.25) is 0 Å². The second-order valence-electron chi connectivity index (χ2n) is 6.27. The van der Waals surface area contributed by atoms with Gasteiger partial charge in [-0.15, -0.1) is 0 Å². The van der Waals surface area contributed by atoms with Crippen molar-refractivity contribution in [1.29, 1.82) is 0 Å². The molecule has 0 N–H and O–H groups in total. The zero-order chi connectivity index (χ0) is 21.0. The molecular weight excluding hydrogens is 372 g/mol. The molecule has 0 amide bonds. The van der Waals surface area contributed by atoms with Gasteiger partial charge in [0, 0.05) is 17.3 Å². The van der Waals surface area contributed by atoms with Crippen molar-refractivity contribution in [2.75, 3.05) is 6.61 Å². The highest BCUT2D eigenvalue weighted by Crippen LogP contribution is 2.22. The fraction of sp³-hybridized carbons (Fsp3) is 0.190. The second-order valence-corrected chi connectivity index (χ2v) is 6.27. The molecule has 0 unspecified atom stereocenters. The van der Waals surface area contributed by atoms with Crippen molar-refractivity contribution in [2.45, 2.75) is 20.8 Å². The first-order chi connectivity index (χ1) is 13.9. The Morgan fingerprint density at radius 2 is 1.97 bits per heavy atom. The zero-order valence-electron chi connectivity index (χ0n) is 16.3. The van der Waals surface area contributed by atoms with Crippen LogP contribution in [0.2, 0.25) is 0 Å². The number of hydrogen-bond donors (Lipinski definition) is 0. The number of carbonyl (C=O) groups is 1. The van der Waals surface area contributed by atoms with E-state index in [0.29, 0.717) is 5.69 Å². The van der Waals surface area contributed by atoms with E-state index >= 15 is 0 Å². The second kappa shape index (κ2) is 8.47. The van der Waals surface area contributed by atoms with E-state index in [-0.39, 0.29) is 17.9 Å². The monoisotopic (exact) mass is 392 g/mol. The molecule has 0 atom stereocenters. The van der Waals surface area contributed by atoms with Gasteiger partial charge in [-0.25, -0.2) is 14.5 Å². The van der Waals surface area contributed by atoms with E-state index in [1.807, 2.05) is 48.9 Å². The molecule has 0 aliphatic heterocycles. The van der Waals surface area contributed by atoms with Gasteiger partial charge in [0.1, 0.15) is 6.20 Å². The first-order valence-corrected chi connectivity index (χ1v) is 9.03. The normalized spacial score (nSPS) is 11.0. The quantitative estimate of drug-likeness (QED) is 0.355. The minimum absolute atomic E-state index is 0.0445. The summed E-state index contributed by atoms with van der Waals surface area (Å²) in [6.07, 6.45) is 4.56. The SMILES string of the molecule is CCOC(=O)c1cc([N+](=O)[O-])cnc1C=Cc1c(C)nn(-c2ccccc2)c1C. The van der Waals surface area contributed by atoms with Crippen LogP contribution in [0.25, 0.3) is 17.8 Å². The third kappa shape index (κ3) is 4.21. The number of nitrogens with zero attached hydrogens (tertiary/aromatic N) is 4. The van der Waals surface area contributed by atoms with E-state index in [0.717, 1.165) is 28.8 Å². The Morgan fingerprint density at radius 1 is 1.24 bits per heavy atom. The third-order valence-electron chi connectivity index (χ3n) is 4.37. The number of aromatic nitrogens is 3. The van der Waals surface area contributed by atoms with E-state index in [4.69, 9.17) is 4.74 Å². The van der Waals surface area contributed by atoms with E-state index < -0.39 is 10.9 Å².